The van der Waals surface area contributed by atoms with Crippen LogP contribution in [0, 0.1) is 0 Å². The molecule has 0 spiro atoms. The van der Waals surface area contributed by atoms with Gasteiger partial charge in [-0.05, 0) is 90.0 Å². The first-order valence-electron chi connectivity index (χ1n) is 20.7. The molecule has 47 heavy (non-hydrogen) atoms. The van der Waals surface area contributed by atoms with E-state index in [0.29, 0.717) is 25.9 Å². The summed E-state index contributed by atoms with van der Waals surface area (Å²) in [4.78, 5) is 25.5. The lowest BCUT2D eigenvalue weighted by Crippen LogP contribution is -2.47. The van der Waals surface area contributed by atoms with Crippen molar-refractivity contribution in [3.8, 4) is 0 Å². The number of allylic oxidation sites excluding steroid dienone is 4. The van der Waals surface area contributed by atoms with Gasteiger partial charge in [0, 0.05) is 13.0 Å². The summed E-state index contributed by atoms with van der Waals surface area (Å²) in [5, 5.41) is 6.11. The highest BCUT2D eigenvalue weighted by Gasteiger charge is 2.19. The monoisotopic (exact) mass is 660 g/mol. The molecule has 0 aliphatic heterocycles. The lowest BCUT2D eigenvalue weighted by Gasteiger charge is -2.18. The average Bonchev–Trinajstić information content (AvgIpc) is 3.07. The minimum Gasteiger partial charge on any atom is -0.354 e. The molecule has 1 unspecified atom stereocenters. The first-order valence-corrected chi connectivity index (χ1v) is 20.7. The maximum absolute atomic E-state index is 12.9. The normalized spacial score (nSPS) is 12.3. The zero-order valence-electron chi connectivity index (χ0n) is 31.6. The molecule has 0 fully saturated rings. The number of nitrogens with one attached hydrogen (secondary N) is 2. The fourth-order valence-corrected chi connectivity index (χ4v) is 6.09. The molecule has 0 rings (SSSR count). The number of hydrogen-bond donors (Lipinski definition) is 3. The van der Waals surface area contributed by atoms with Crippen molar-refractivity contribution in [3.05, 3.63) is 24.3 Å². The van der Waals surface area contributed by atoms with E-state index in [1.165, 1.54) is 148 Å². The van der Waals surface area contributed by atoms with Gasteiger partial charge >= 0.3 is 0 Å². The molecular formula is C42H81N3O2. The van der Waals surface area contributed by atoms with Gasteiger partial charge in [0.05, 0.1) is 0 Å². The van der Waals surface area contributed by atoms with Gasteiger partial charge in [-0.15, -0.1) is 0 Å². The summed E-state index contributed by atoms with van der Waals surface area (Å²) in [6, 6.07) is -0.439. The van der Waals surface area contributed by atoms with Gasteiger partial charge in [0.25, 0.3) is 0 Å². The Morgan fingerprint density at radius 2 is 0.915 bits per heavy atom. The van der Waals surface area contributed by atoms with Crippen molar-refractivity contribution < 1.29 is 9.59 Å². The lowest BCUT2D eigenvalue weighted by atomic mass is 10.1. The van der Waals surface area contributed by atoms with E-state index in [-0.39, 0.29) is 11.8 Å². The molecule has 0 saturated heterocycles. The molecule has 4 N–H and O–H groups in total. The van der Waals surface area contributed by atoms with E-state index in [1.54, 1.807) is 0 Å². The molecule has 0 bridgehead atoms. The Morgan fingerprint density at radius 3 is 1.36 bits per heavy atom. The van der Waals surface area contributed by atoms with Crippen molar-refractivity contribution in [2.45, 2.75) is 219 Å². The zero-order chi connectivity index (χ0) is 34.3. The van der Waals surface area contributed by atoms with Crippen LogP contribution < -0.4 is 16.4 Å². The molecule has 0 heterocycles. The molecule has 0 aromatic rings. The maximum atomic E-state index is 12.9. The molecule has 0 aromatic carbocycles. The first-order chi connectivity index (χ1) is 23.2. The van der Waals surface area contributed by atoms with Crippen molar-refractivity contribution in [1.82, 2.24) is 10.6 Å². The molecule has 0 aliphatic carbocycles. The third-order valence-corrected chi connectivity index (χ3v) is 9.25. The van der Waals surface area contributed by atoms with Gasteiger partial charge in [-0.25, -0.2) is 0 Å². The van der Waals surface area contributed by atoms with Crippen molar-refractivity contribution in [2.75, 3.05) is 13.1 Å². The van der Waals surface area contributed by atoms with Crippen LogP contribution in [0.15, 0.2) is 24.3 Å². The van der Waals surface area contributed by atoms with Gasteiger partial charge < -0.3 is 16.4 Å². The Hall–Kier alpha value is -1.62. The van der Waals surface area contributed by atoms with E-state index in [2.05, 4.69) is 48.8 Å². The van der Waals surface area contributed by atoms with Crippen LogP contribution in [0.3, 0.4) is 0 Å². The standard InChI is InChI=1S/C42H81N3O2/c1-3-5-7-9-11-13-15-17-19-21-23-25-27-29-31-35-39-44-42(47)40(36-33-34-38-43)45-41(46)37-32-30-28-26-24-22-20-18-16-14-12-10-8-6-4-2/h17-20,40H,3-16,21-39,43H2,1-2H3,(H,44,47)(H,45,46)/b19-17-,20-18-. The van der Waals surface area contributed by atoms with Gasteiger partial charge in [-0.1, -0.05) is 147 Å². The number of amides is 2. The van der Waals surface area contributed by atoms with E-state index in [1.807, 2.05) is 0 Å². The molecule has 2 amide bonds. The molecule has 0 radical (unpaired) electrons. The average molecular weight is 660 g/mol. The summed E-state index contributed by atoms with van der Waals surface area (Å²) in [6.45, 7) is 5.85. The number of carbonyl (C=O) groups excluding carboxylic acids is 2. The van der Waals surface area contributed by atoms with Crippen LogP contribution in [0.4, 0.5) is 0 Å². The number of carbonyl (C=O) groups is 2. The Bertz CT molecular complexity index is 721. The Labute approximate surface area is 293 Å². The summed E-state index contributed by atoms with van der Waals surface area (Å²) in [5.41, 5.74) is 5.67. The molecular weight excluding hydrogens is 578 g/mol. The van der Waals surface area contributed by atoms with Crippen molar-refractivity contribution in [1.29, 1.82) is 0 Å². The van der Waals surface area contributed by atoms with Gasteiger partial charge in [0.15, 0.2) is 0 Å². The highest BCUT2D eigenvalue weighted by atomic mass is 16.2. The van der Waals surface area contributed by atoms with E-state index in [4.69, 9.17) is 5.73 Å². The summed E-state index contributed by atoms with van der Waals surface area (Å²) < 4.78 is 0. The summed E-state index contributed by atoms with van der Waals surface area (Å²) in [7, 11) is 0. The largest absolute Gasteiger partial charge is 0.354 e. The van der Waals surface area contributed by atoms with E-state index in [0.717, 1.165) is 38.5 Å². The van der Waals surface area contributed by atoms with E-state index in [9.17, 15) is 9.59 Å². The van der Waals surface area contributed by atoms with Gasteiger partial charge in [0.1, 0.15) is 6.04 Å². The van der Waals surface area contributed by atoms with Crippen molar-refractivity contribution in [3.63, 3.8) is 0 Å². The second kappa shape index (κ2) is 38.8. The first kappa shape index (κ1) is 45.4. The number of unbranched alkanes of at least 4 members (excludes halogenated alkanes) is 24. The molecule has 276 valence electrons. The molecule has 1 atom stereocenters. The third kappa shape index (κ3) is 35.5. The number of rotatable bonds is 37. The van der Waals surface area contributed by atoms with Crippen LogP contribution in [-0.2, 0) is 9.59 Å². The van der Waals surface area contributed by atoms with E-state index < -0.39 is 6.04 Å². The number of nitrogens with two attached hydrogens (primary N) is 1. The molecule has 5 nitrogen and oxygen atoms in total. The molecule has 0 aliphatic rings. The second-order valence-electron chi connectivity index (χ2n) is 14.0. The van der Waals surface area contributed by atoms with Crippen LogP contribution in [0.1, 0.15) is 213 Å². The van der Waals surface area contributed by atoms with Gasteiger partial charge in [-0.2, -0.15) is 0 Å². The molecule has 5 heteroatoms. The predicted molar refractivity (Wildman–Crippen MR) is 207 cm³/mol. The Morgan fingerprint density at radius 1 is 0.511 bits per heavy atom. The van der Waals surface area contributed by atoms with E-state index >= 15 is 0 Å². The van der Waals surface area contributed by atoms with Gasteiger partial charge in [-0.3, -0.25) is 9.59 Å². The van der Waals surface area contributed by atoms with Gasteiger partial charge in [0.2, 0.25) is 11.8 Å². The predicted octanol–water partition coefficient (Wildman–Crippen LogP) is 11.8. The Kier molecular flexibility index (Phi) is 37.5. The summed E-state index contributed by atoms with van der Waals surface area (Å²) >= 11 is 0. The quantitative estimate of drug-likeness (QED) is 0.0458. The van der Waals surface area contributed by atoms with Crippen LogP contribution >= 0.6 is 0 Å². The number of hydrogen-bond acceptors (Lipinski definition) is 3. The zero-order valence-corrected chi connectivity index (χ0v) is 31.6. The second-order valence-corrected chi connectivity index (χ2v) is 14.0. The van der Waals surface area contributed by atoms with Crippen LogP contribution in [0.2, 0.25) is 0 Å². The Balaban J connectivity index is 3.86. The fraction of sp³-hybridized carbons (Fsp3) is 0.857. The minimum atomic E-state index is -0.439. The van der Waals surface area contributed by atoms with Crippen molar-refractivity contribution in [2.24, 2.45) is 5.73 Å². The van der Waals surface area contributed by atoms with Crippen molar-refractivity contribution >= 4 is 11.8 Å². The molecule has 0 aromatic heterocycles. The van der Waals surface area contributed by atoms with Crippen LogP contribution in [0.25, 0.3) is 0 Å². The fourth-order valence-electron chi connectivity index (χ4n) is 6.09. The maximum Gasteiger partial charge on any atom is 0.242 e. The van der Waals surface area contributed by atoms with Crippen LogP contribution in [-0.4, -0.2) is 30.9 Å². The summed E-state index contributed by atoms with van der Waals surface area (Å²) in [6.07, 6.45) is 46.5. The third-order valence-electron chi connectivity index (χ3n) is 9.25. The lowest BCUT2D eigenvalue weighted by molar-refractivity contribution is -0.129. The molecule has 0 saturated carbocycles. The highest BCUT2D eigenvalue weighted by Crippen LogP contribution is 2.12. The smallest absolute Gasteiger partial charge is 0.242 e. The van der Waals surface area contributed by atoms with Crippen LogP contribution in [0.5, 0.6) is 0 Å². The SMILES string of the molecule is CCCCCCCC/C=C\CCCCCCCCNC(=O)C(CCCCN)NC(=O)CCCCCCC/C=C\CCCCCCCC. The highest BCUT2D eigenvalue weighted by molar-refractivity contribution is 5.87. The minimum absolute atomic E-state index is 0.00720. The summed E-state index contributed by atoms with van der Waals surface area (Å²) in [5.74, 6) is -0.0274. The topological polar surface area (TPSA) is 84.2 Å².